The highest BCUT2D eigenvalue weighted by Crippen LogP contribution is 2.40. The van der Waals surface area contributed by atoms with E-state index < -0.39 is 0 Å². The Morgan fingerprint density at radius 3 is 1.81 bits per heavy atom. The van der Waals surface area contributed by atoms with Crippen molar-refractivity contribution in [2.45, 2.75) is 0 Å². The lowest BCUT2D eigenvalue weighted by molar-refractivity contribution is 0.485. The number of aromatic nitrogens is 3. The van der Waals surface area contributed by atoms with Crippen LogP contribution in [0.25, 0.3) is 11.0 Å². The summed E-state index contributed by atoms with van der Waals surface area (Å²) >= 11 is 30.7. The number of halogens is 6. The standard InChI is InChI=1S/C12H6BrCl2N3O.C12H9BrCl2N2O/c13-6-3-7(14)5-8(4-6)19-12-9(15)1-2-10-11(12)17-18-16-10;13-6-3-7(14)5-8(4-6)18-12-9(15)1-2-10(16)11(12)17/h1-5H,(H,16,17,18);1-5H,16-17H2. The number of nitrogen functional groups attached to an aromatic ring is 2. The van der Waals surface area contributed by atoms with Crippen molar-refractivity contribution in [2.75, 3.05) is 11.5 Å². The molecular formula is C24H15Br2Cl4N5O2. The average molecular weight is 707 g/mol. The minimum atomic E-state index is 0.304. The first-order valence-corrected chi connectivity index (χ1v) is 13.3. The Balaban J connectivity index is 0.000000173. The summed E-state index contributed by atoms with van der Waals surface area (Å²) in [6.45, 7) is 0. The van der Waals surface area contributed by atoms with E-state index in [0.29, 0.717) is 65.5 Å². The fourth-order valence-electron chi connectivity index (χ4n) is 3.06. The summed E-state index contributed by atoms with van der Waals surface area (Å²) in [7, 11) is 0. The lowest BCUT2D eigenvalue weighted by atomic mass is 10.2. The zero-order chi connectivity index (χ0) is 26.7. The first-order chi connectivity index (χ1) is 17.6. The highest BCUT2D eigenvalue weighted by atomic mass is 79.9. The number of rotatable bonds is 4. The molecule has 7 nitrogen and oxygen atoms in total. The van der Waals surface area contributed by atoms with E-state index in [1.165, 1.54) is 0 Å². The number of ether oxygens (including phenoxy) is 2. The Morgan fingerprint density at radius 2 is 1.22 bits per heavy atom. The van der Waals surface area contributed by atoms with Crippen molar-refractivity contribution in [1.29, 1.82) is 0 Å². The van der Waals surface area contributed by atoms with Gasteiger partial charge in [0.2, 0.25) is 0 Å². The third kappa shape index (κ3) is 6.93. The smallest absolute Gasteiger partial charge is 0.175 e. The monoisotopic (exact) mass is 703 g/mol. The van der Waals surface area contributed by atoms with Crippen LogP contribution in [0.1, 0.15) is 0 Å². The largest absolute Gasteiger partial charge is 0.453 e. The van der Waals surface area contributed by atoms with Crippen molar-refractivity contribution in [1.82, 2.24) is 15.4 Å². The van der Waals surface area contributed by atoms with Crippen LogP contribution in [0.3, 0.4) is 0 Å². The number of nitrogens with one attached hydrogen (secondary N) is 1. The molecule has 0 saturated heterocycles. The number of nitrogens with zero attached hydrogens (tertiary/aromatic N) is 2. The van der Waals surface area contributed by atoms with Crippen molar-refractivity contribution in [2.24, 2.45) is 0 Å². The van der Waals surface area contributed by atoms with Crippen LogP contribution in [-0.2, 0) is 0 Å². The summed E-state index contributed by atoms with van der Waals surface area (Å²) in [5.41, 5.74) is 13.5. The van der Waals surface area contributed by atoms with E-state index in [9.17, 15) is 0 Å². The summed E-state index contributed by atoms with van der Waals surface area (Å²) in [5, 5.41) is 12.5. The minimum absolute atomic E-state index is 0.304. The molecule has 0 radical (unpaired) electrons. The van der Waals surface area contributed by atoms with Crippen LogP contribution in [-0.4, -0.2) is 15.4 Å². The molecule has 0 saturated carbocycles. The Bertz CT molecular complexity index is 1560. The van der Waals surface area contributed by atoms with Gasteiger partial charge in [0, 0.05) is 19.0 Å². The SMILES string of the molecule is Clc1cc(Br)cc(Oc2c(Cl)ccc3n[nH]nc23)c1.Nc1ccc(Cl)c(Oc2cc(Cl)cc(Br)c2)c1N. The number of benzene rings is 4. The minimum Gasteiger partial charge on any atom is -0.453 e. The van der Waals surface area contributed by atoms with E-state index in [1.807, 2.05) is 0 Å². The molecule has 4 aromatic carbocycles. The molecule has 1 aromatic heterocycles. The highest BCUT2D eigenvalue weighted by Gasteiger charge is 2.13. The highest BCUT2D eigenvalue weighted by molar-refractivity contribution is 9.10. The quantitative estimate of drug-likeness (QED) is 0.161. The lowest BCUT2D eigenvalue weighted by Crippen LogP contribution is -1.98. The zero-order valence-corrected chi connectivity index (χ0v) is 24.6. The number of H-pyrrole nitrogens is 1. The van der Waals surface area contributed by atoms with Crippen molar-refractivity contribution in [3.8, 4) is 23.0 Å². The molecule has 190 valence electrons. The number of hydrogen-bond acceptors (Lipinski definition) is 6. The number of aromatic amines is 1. The molecule has 0 spiro atoms. The third-order valence-corrected chi connectivity index (χ3v) is 6.64. The van der Waals surface area contributed by atoms with Crippen LogP contribution in [0.15, 0.2) is 69.6 Å². The summed E-state index contributed by atoms with van der Waals surface area (Å²) in [6.07, 6.45) is 0. The van der Waals surface area contributed by atoms with Crippen molar-refractivity contribution in [3.63, 3.8) is 0 Å². The molecular weight excluding hydrogens is 692 g/mol. The van der Waals surface area contributed by atoms with Gasteiger partial charge in [-0.15, -0.1) is 0 Å². The predicted octanol–water partition coefficient (Wildman–Crippen LogP) is 9.53. The Kier molecular flexibility index (Phi) is 8.94. The second kappa shape index (κ2) is 12.0. The van der Waals surface area contributed by atoms with E-state index in [0.717, 1.165) is 8.95 Å². The van der Waals surface area contributed by atoms with Gasteiger partial charge in [-0.25, -0.2) is 0 Å². The van der Waals surface area contributed by atoms with Crippen molar-refractivity contribution in [3.05, 3.63) is 89.7 Å². The molecule has 37 heavy (non-hydrogen) atoms. The van der Waals surface area contributed by atoms with E-state index in [1.54, 1.807) is 60.7 Å². The topological polar surface area (TPSA) is 112 Å². The molecule has 0 aliphatic carbocycles. The maximum absolute atomic E-state index is 6.14. The molecule has 0 amide bonds. The summed E-state index contributed by atoms with van der Waals surface area (Å²) in [6, 6.07) is 17.1. The van der Waals surface area contributed by atoms with Gasteiger partial charge in [0.25, 0.3) is 0 Å². The van der Waals surface area contributed by atoms with E-state index in [4.69, 9.17) is 67.3 Å². The maximum atomic E-state index is 6.14. The molecule has 5 N–H and O–H groups in total. The summed E-state index contributed by atoms with van der Waals surface area (Å²) in [4.78, 5) is 0. The first-order valence-electron chi connectivity index (χ1n) is 10.2. The van der Waals surface area contributed by atoms with Gasteiger partial charge in [0.1, 0.15) is 17.0 Å². The number of hydrogen-bond donors (Lipinski definition) is 3. The predicted molar refractivity (Wildman–Crippen MR) is 158 cm³/mol. The van der Waals surface area contributed by atoms with Gasteiger partial charge in [-0.1, -0.05) is 78.3 Å². The summed E-state index contributed by atoms with van der Waals surface area (Å²) < 4.78 is 13.0. The maximum Gasteiger partial charge on any atom is 0.175 e. The van der Waals surface area contributed by atoms with Gasteiger partial charge >= 0.3 is 0 Å². The Labute approximate surface area is 248 Å². The van der Waals surface area contributed by atoms with Crippen LogP contribution < -0.4 is 20.9 Å². The second-order valence-corrected chi connectivity index (χ2v) is 10.9. The number of nitrogens with two attached hydrogens (primary N) is 2. The van der Waals surface area contributed by atoms with E-state index >= 15 is 0 Å². The zero-order valence-electron chi connectivity index (χ0n) is 18.4. The fraction of sp³-hybridized carbons (Fsp3) is 0. The van der Waals surface area contributed by atoms with Crippen LogP contribution in [0, 0.1) is 0 Å². The molecule has 0 fully saturated rings. The average Bonchev–Trinajstić information content (AvgIpc) is 3.30. The molecule has 0 aliphatic rings. The molecule has 5 aromatic rings. The molecule has 0 bridgehead atoms. The third-order valence-electron chi connectivity index (χ3n) is 4.69. The van der Waals surface area contributed by atoms with Crippen LogP contribution in [0.2, 0.25) is 20.1 Å². The normalized spacial score (nSPS) is 10.6. The molecule has 1 heterocycles. The van der Waals surface area contributed by atoms with Gasteiger partial charge in [-0.2, -0.15) is 15.4 Å². The Hall–Kier alpha value is -2.40. The number of fused-ring (bicyclic) bond motifs is 1. The van der Waals surface area contributed by atoms with Crippen LogP contribution >= 0.6 is 78.3 Å². The van der Waals surface area contributed by atoms with Gasteiger partial charge in [-0.3, -0.25) is 0 Å². The summed E-state index contributed by atoms with van der Waals surface area (Å²) in [5.74, 6) is 1.86. The molecule has 0 atom stereocenters. The van der Waals surface area contributed by atoms with Crippen LogP contribution in [0.4, 0.5) is 11.4 Å². The van der Waals surface area contributed by atoms with Gasteiger partial charge in [0.05, 0.1) is 21.4 Å². The Morgan fingerprint density at radius 1 is 0.676 bits per heavy atom. The van der Waals surface area contributed by atoms with E-state index in [2.05, 4.69) is 47.3 Å². The van der Waals surface area contributed by atoms with Gasteiger partial charge in [-0.05, 0) is 60.7 Å². The van der Waals surface area contributed by atoms with Crippen molar-refractivity contribution >= 4 is 101 Å². The second-order valence-electron chi connectivity index (χ2n) is 7.36. The first kappa shape index (κ1) is 27.6. The van der Waals surface area contributed by atoms with E-state index in [-0.39, 0.29) is 0 Å². The van der Waals surface area contributed by atoms with Crippen LogP contribution in [0.5, 0.6) is 23.0 Å². The van der Waals surface area contributed by atoms with Gasteiger partial charge in [0.15, 0.2) is 17.0 Å². The van der Waals surface area contributed by atoms with Gasteiger partial charge < -0.3 is 20.9 Å². The fourth-order valence-corrected chi connectivity index (χ4v) is 5.12. The molecule has 0 aliphatic heterocycles. The van der Waals surface area contributed by atoms with Crippen molar-refractivity contribution < 1.29 is 9.47 Å². The molecule has 13 heteroatoms. The molecule has 0 unspecified atom stereocenters. The lowest BCUT2D eigenvalue weighted by Gasteiger charge is -2.12. The molecule has 5 rings (SSSR count). The number of anilines is 2.